The monoisotopic (exact) mass is 607 g/mol. The number of cyclic esters (lactones) is 1. The first-order valence-corrected chi connectivity index (χ1v) is 15.1. The van der Waals surface area contributed by atoms with E-state index in [9.17, 15) is 14.4 Å². The Labute approximate surface area is 263 Å². The maximum Gasteiger partial charge on any atom is 0.417 e. The van der Waals surface area contributed by atoms with Crippen molar-refractivity contribution in [3.05, 3.63) is 131 Å². The smallest absolute Gasteiger partial charge is 0.417 e. The van der Waals surface area contributed by atoms with E-state index in [1.54, 1.807) is 26.2 Å². The number of imide groups is 1. The SMILES string of the molecule is CCOC(=O)[C@@H](CC(=O)N1C(=O)OC[C@H]1C(c1ccccc1)c1ccccc1)Cc1ccc(OCc2ccccc2)c(OC)c1. The van der Waals surface area contributed by atoms with E-state index in [2.05, 4.69) is 0 Å². The molecule has 1 aliphatic rings. The fourth-order valence-electron chi connectivity index (χ4n) is 5.71. The van der Waals surface area contributed by atoms with Gasteiger partial charge in [0.2, 0.25) is 5.91 Å². The summed E-state index contributed by atoms with van der Waals surface area (Å²) in [5.74, 6) is -1.08. The van der Waals surface area contributed by atoms with Gasteiger partial charge in [0.25, 0.3) is 0 Å². The molecule has 0 aliphatic carbocycles. The van der Waals surface area contributed by atoms with Gasteiger partial charge in [-0.1, -0.05) is 97.1 Å². The van der Waals surface area contributed by atoms with Crippen LogP contribution in [0.15, 0.2) is 109 Å². The summed E-state index contributed by atoms with van der Waals surface area (Å²) in [6, 6.07) is 34.1. The van der Waals surface area contributed by atoms with Crippen LogP contribution in [-0.4, -0.2) is 49.2 Å². The van der Waals surface area contributed by atoms with Crippen molar-refractivity contribution in [2.24, 2.45) is 5.92 Å². The van der Waals surface area contributed by atoms with E-state index in [1.807, 2.05) is 97.1 Å². The summed E-state index contributed by atoms with van der Waals surface area (Å²) in [6.45, 7) is 2.30. The van der Waals surface area contributed by atoms with Gasteiger partial charge in [0, 0.05) is 12.3 Å². The third kappa shape index (κ3) is 7.70. The average Bonchev–Trinajstić information content (AvgIpc) is 3.46. The first-order valence-electron chi connectivity index (χ1n) is 15.1. The van der Waals surface area contributed by atoms with Gasteiger partial charge in [0.15, 0.2) is 11.5 Å². The van der Waals surface area contributed by atoms with Crippen LogP contribution >= 0.6 is 0 Å². The van der Waals surface area contributed by atoms with Gasteiger partial charge in [0.1, 0.15) is 13.2 Å². The van der Waals surface area contributed by atoms with Crippen LogP contribution in [0.3, 0.4) is 0 Å². The van der Waals surface area contributed by atoms with E-state index < -0.39 is 29.9 Å². The van der Waals surface area contributed by atoms with Crippen molar-refractivity contribution in [1.82, 2.24) is 4.90 Å². The minimum absolute atomic E-state index is 0.0464. The molecule has 1 fully saturated rings. The molecule has 2 atom stereocenters. The number of carbonyl (C=O) groups excluding carboxylic acids is 3. The number of benzene rings is 4. The maximum absolute atomic E-state index is 13.9. The van der Waals surface area contributed by atoms with Gasteiger partial charge < -0.3 is 18.9 Å². The van der Waals surface area contributed by atoms with E-state index >= 15 is 0 Å². The Hall–Kier alpha value is -5.11. The van der Waals surface area contributed by atoms with Crippen molar-refractivity contribution in [1.29, 1.82) is 0 Å². The summed E-state index contributed by atoms with van der Waals surface area (Å²) < 4.78 is 22.4. The zero-order valence-corrected chi connectivity index (χ0v) is 25.5. The second kappa shape index (κ2) is 15.1. The summed E-state index contributed by atoms with van der Waals surface area (Å²) in [4.78, 5) is 41.3. The summed E-state index contributed by atoms with van der Waals surface area (Å²) in [5, 5.41) is 0. The molecule has 0 aromatic heterocycles. The molecule has 1 saturated heterocycles. The summed E-state index contributed by atoms with van der Waals surface area (Å²) >= 11 is 0. The Kier molecular flexibility index (Phi) is 10.5. The van der Waals surface area contributed by atoms with Crippen LogP contribution in [0.25, 0.3) is 0 Å². The third-order valence-corrected chi connectivity index (χ3v) is 7.87. The van der Waals surface area contributed by atoms with E-state index in [0.29, 0.717) is 18.1 Å². The number of ether oxygens (including phenoxy) is 4. The van der Waals surface area contributed by atoms with Crippen molar-refractivity contribution >= 4 is 18.0 Å². The second-order valence-electron chi connectivity index (χ2n) is 10.8. The molecule has 4 aromatic carbocycles. The highest BCUT2D eigenvalue weighted by atomic mass is 16.6. The molecular formula is C37H37NO7. The summed E-state index contributed by atoms with van der Waals surface area (Å²) in [7, 11) is 1.55. The van der Waals surface area contributed by atoms with Crippen LogP contribution in [-0.2, 0) is 32.1 Å². The van der Waals surface area contributed by atoms with Crippen LogP contribution in [0.5, 0.6) is 11.5 Å². The Balaban J connectivity index is 1.36. The average molecular weight is 608 g/mol. The van der Waals surface area contributed by atoms with Crippen LogP contribution in [0.4, 0.5) is 4.79 Å². The number of hydrogen-bond acceptors (Lipinski definition) is 7. The Bertz CT molecular complexity index is 1540. The number of amides is 2. The van der Waals surface area contributed by atoms with Gasteiger partial charge in [-0.15, -0.1) is 0 Å². The normalized spacial score (nSPS) is 15.0. The fraction of sp³-hybridized carbons (Fsp3) is 0.270. The van der Waals surface area contributed by atoms with Crippen molar-refractivity contribution in [3.8, 4) is 11.5 Å². The Morgan fingerprint density at radius 3 is 2.07 bits per heavy atom. The molecule has 0 N–H and O–H groups in total. The minimum atomic E-state index is -0.834. The molecule has 45 heavy (non-hydrogen) atoms. The maximum atomic E-state index is 13.9. The van der Waals surface area contributed by atoms with Crippen molar-refractivity contribution < 1.29 is 33.3 Å². The van der Waals surface area contributed by atoms with Gasteiger partial charge >= 0.3 is 12.1 Å². The quantitative estimate of drug-likeness (QED) is 0.159. The molecule has 8 heteroatoms. The van der Waals surface area contributed by atoms with Crippen LogP contribution in [0.1, 0.15) is 41.5 Å². The molecule has 0 saturated carbocycles. The van der Waals surface area contributed by atoms with Gasteiger partial charge in [-0.2, -0.15) is 0 Å². The zero-order valence-electron chi connectivity index (χ0n) is 25.5. The van der Waals surface area contributed by atoms with Crippen molar-refractivity contribution in [2.75, 3.05) is 20.3 Å². The molecule has 232 valence electrons. The molecule has 0 radical (unpaired) electrons. The molecule has 5 rings (SSSR count). The molecule has 1 aliphatic heterocycles. The van der Waals surface area contributed by atoms with Gasteiger partial charge in [-0.25, -0.2) is 9.69 Å². The number of rotatable bonds is 13. The molecule has 4 aromatic rings. The molecule has 1 heterocycles. The van der Waals surface area contributed by atoms with Crippen LogP contribution in [0.2, 0.25) is 0 Å². The highest BCUT2D eigenvalue weighted by Crippen LogP contribution is 2.35. The third-order valence-electron chi connectivity index (χ3n) is 7.87. The first kappa shape index (κ1) is 31.3. The van der Waals surface area contributed by atoms with E-state index in [-0.39, 0.29) is 32.0 Å². The highest BCUT2D eigenvalue weighted by molar-refractivity contribution is 5.95. The zero-order chi connectivity index (χ0) is 31.6. The second-order valence-corrected chi connectivity index (χ2v) is 10.8. The number of carbonyl (C=O) groups is 3. The highest BCUT2D eigenvalue weighted by Gasteiger charge is 2.44. The summed E-state index contributed by atoms with van der Waals surface area (Å²) in [5.41, 5.74) is 3.68. The lowest BCUT2D eigenvalue weighted by atomic mass is 9.84. The largest absolute Gasteiger partial charge is 0.493 e. The Morgan fingerprint density at radius 1 is 0.844 bits per heavy atom. The lowest BCUT2D eigenvalue weighted by Gasteiger charge is -2.29. The van der Waals surface area contributed by atoms with Crippen molar-refractivity contribution in [3.63, 3.8) is 0 Å². The van der Waals surface area contributed by atoms with Crippen LogP contribution < -0.4 is 9.47 Å². The summed E-state index contributed by atoms with van der Waals surface area (Å²) in [6.07, 6.45) is -0.741. The Morgan fingerprint density at radius 2 is 1.47 bits per heavy atom. The predicted octanol–water partition coefficient (Wildman–Crippen LogP) is 6.57. The van der Waals surface area contributed by atoms with E-state index in [1.165, 1.54) is 4.90 Å². The fourth-order valence-corrected chi connectivity index (χ4v) is 5.71. The molecule has 8 nitrogen and oxygen atoms in total. The first-order chi connectivity index (χ1) is 22.0. The lowest BCUT2D eigenvalue weighted by molar-refractivity contribution is -0.150. The van der Waals surface area contributed by atoms with E-state index in [0.717, 1.165) is 22.3 Å². The standard InChI is InChI=1S/C37H37NO7/c1-3-43-36(40)30(21-27-19-20-32(33(22-27)42-2)44-24-26-13-7-4-8-14-26)23-34(39)38-31(25-45-37(38)41)35(28-15-9-5-10-16-28)29-17-11-6-12-18-29/h4-20,22,30-31,35H,3,21,23-25H2,1-2H3/t30-,31+/m1/s1. The predicted molar refractivity (Wildman–Crippen MR) is 169 cm³/mol. The topological polar surface area (TPSA) is 91.4 Å². The van der Waals surface area contributed by atoms with Crippen LogP contribution in [0, 0.1) is 5.92 Å². The molecule has 0 unspecified atom stereocenters. The van der Waals surface area contributed by atoms with Gasteiger partial charge in [0.05, 0.1) is 25.7 Å². The molecule has 2 amide bonds. The molecule has 0 bridgehead atoms. The number of esters is 1. The lowest BCUT2D eigenvalue weighted by Crippen LogP contribution is -2.44. The van der Waals surface area contributed by atoms with E-state index in [4.69, 9.17) is 18.9 Å². The molecular weight excluding hydrogens is 570 g/mol. The van der Waals surface area contributed by atoms with Gasteiger partial charge in [-0.3, -0.25) is 9.59 Å². The number of methoxy groups -OCH3 is 1. The number of nitrogens with zero attached hydrogens (tertiary/aromatic N) is 1. The van der Waals surface area contributed by atoms with Gasteiger partial charge in [-0.05, 0) is 47.7 Å². The van der Waals surface area contributed by atoms with Crippen molar-refractivity contribution in [2.45, 2.75) is 38.3 Å². The number of hydrogen-bond donors (Lipinski definition) is 0. The molecule has 0 spiro atoms. The minimum Gasteiger partial charge on any atom is -0.493 e.